The second kappa shape index (κ2) is 43.3. The molecule has 2 rings (SSSR count). The van der Waals surface area contributed by atoms with E-state index in [2.05, 4.69) is 83.1 Å². The molecule has 0 fully saturated rings. The fourth-order valence-corrected chi connectivity index (χ4v) is 3.51. The van der Waals surface area contributed by atoms with Crippen LogP contribution < -0.4 is 10.5 Å². The minimum atomic E-state index is -1.16. The molecule has 2 aromatic carbocycles. The molecule has 0 aromatic heterocycles. The zero-order valence-electron chi connectivity index (χ0n) is 33.5. The Morgan fingerprint density at radius 1 is 0.764 bits per heavy atom. The van der Waals surface area contributed by atoms with Crippen LogP contribution in [0.3, 0.4) is 0 Å². The number of hydroxylamine groups is 1. The number of alkyl halides is 2. The van der Waals surface area contributed by atoms with Gasteiger partial charge in [-0.2, -0.15) is 14.7 Å². The van der Waals surface area contributed by atoms with Crippen molar-refractivity contribution in [2.45, 2.75) is 100 Å². The third kappa shape index (κ3) is 36.0. The molecule has 0 unspecified atom stereocenters. The van der Waals surface area contributed by atoms with Gasteiger partial charge in [0.05, 0.1) is 49.8 Å². The number of carbonyl (C=O) groups excluding carboxylic acids is 6. The van der Waals surface area contributed by atoms with Crippen LogP contribution in [-0.4, -0.2) is 76.1 Å². The van der Waals surface area contributed by atoms with E-state index in [9.17, 15) is 24.0 Å². The van der Waals surface area contributed by atoms with Crippen molar-refractivity contribution in [3.05, 3.63) is 59.7 Å². The van der Waals surface area contributed by atoms with Crippen molar-refractivity contribution in [2.75, 3.05) is 45.8 Å². The SMILES string of the molecule is CCCCON(C(=O)CC(C)=O)c1ccccc1CC.CCCCONc1ccccc1C(=O)OCC.CCI.CCI.CCOC(=O)CC(=O)O.O=C=O. The highest BCUT2D eigenvalue weighted by molar-refractivity contribution is 14.1. The Kier molecular flexibility index (Phi) is 45.8. The molecule has 55 heavy (non-hydrogen) atoms. The number of unbranched alkanes of at least 4 members (excludes halogenated alkanes) is 2. The van der Waals surface area contributed by atoms with E-state index in [4.69, 9.17) is 29.1 Å². The summed E-state index contributed by atoms with van der Waals surface area (Å²) in [7, 11) is 0. The van der Waals surface area contributed by atoms with E-state index >= 15 is 0 Å². The molecule has 0 heterocycles. The highest BCUT2D eigenvalue weighted by atomic mass is 127. The number of nitrogens with zero attached hydrogens (tertiary/aromatic N) is 1. The lowest BCUT2D eigenvalue weighted by molar-refractivity contribution is -0.191. The normalized spacial score (nSPS) is 9.05. The Labute approximate surface area is 353 Å². The van der Waals surface area contributed by atoms with Gasteiger partial charge in [-0.1, -0.05) is 123 Å². The second-order valence-electron chi connectivity index (χ2n) is 10.3. The summed E-state index contributed by atoms with van der Waals surface area (Å²) in [5.74, 6) is -2.66. The van der Waals surface area contributed by atoms with Gasteiger partial charge < -0.3 is 14.6 Å². The minimum absolute atomic E-state index is 0.135. The lowest BCUT2D eigenvalue weighted by Crippen LogP contribution is -2.33. The molecule has 0 saturated heterocycles. The Bertz CT molecular complexity index is 1340. The monoisotopic (exact) mass is 1000 g/mol. The summed E-state index contributed by atoms with van der Waals surface area (Å²) in [4.78, 5) is 82.2. The van der Waals surface area contributed by atoms with Crippen LogP contribution in [-0.2, 0) is 54.3 Å². The smallest absolute Gasteiger partial charge is 0.373 e. The van der Waals surface area contributed by atoms with Crippen molar-refractivity contribution < 1.29 is 57.8 Å². The molecule has 0 atom stereocenters. The number of nitrogens with one attached hydrogen (secondary N) is 1. The van der Waals surface area contributed by atoms with Gasteiger partial charge in [0, 0.05) is 0 Å². The summed E-state index contributed by atoms with van der Waals surface area (Å²) in [5, 5.41) is 9.30. The van der Waals surface area contributed by atoms with Gasteiger partial charge in [0.1, 0.15) is 12.2 Å². The number of hydrogen-bond acceptors (Lipinski definition) is 12. The number of anilines is 2. The number of Topliss-reactive ketones (excluding diaryl/α,β-unsaturated/α-hetero) is 1. The van der Waals surface area contributed by atoms with Crippen LogP contribution in [0.25, 0.3) is 0 Å². The van der Waals surface area contributed by atoms with Crippen LogP contribution in [0.4, 0.5) is 11.4 Å². The number of rotatable bonds is 18. The molecular formula is C39H60I2N2O12. The molecule has 0 radical (unpaired) electrons. The predicted molar refractivity (Wildman–Crippen MR) is 229 cm³/mol. The molecule has 0 spiro atoms. The Morgan fingerprint density at radius 2 is 1.27 bits per heavy atom. The number of carboxylic acids is 1. The maximum atomic E-state index is 12.2. The average Bonchev–Trinajstić information content (AvgIpc) is 3.13. The molecule has 0 saturated carbocycles. The Balaban J connectivity index is -0.000000334. The van der Waals surface area contributed by atoms with Gasteiger partial charge in [0.15, 0.2) is 0 Å². The molecule has 14 nitrogen and oxygen atoms in total. The van der Waals surface area contributed by atoms with Crippen LogP contribution in [0.1, 0.15) is 110 Å². The summed E-state index contributed by atoms with van der Waals surface area (Å²) in [6, 6.07) is 14.8. The van der Waals surface area contributed by atoms with E-state index in [1.165, 1.54) is 20.8 Å². The molecule has 312 valence electrons. The van der Waals surface area contributed by atoms with E-state index in [1.807, 2.05) is 37.3 Å². The maximum absolute atomic E-state index is 12.2. The number of para-hydroxylation sites is 2. The van der Waals surface area contributed by atoms with Crippen molar-refractivity contribution >= 4 is 92.3 Å². The van der Waals surface area contributed by atoms with Crippen molar-refractivity contribution in [1.82, 2.24) is 0 Å². The first-order valence-corrected chi connectivity index (χ1v) is 21.0. The molecular weight excluding hydrogens is 942 g/mol. The number of ether oxygens (including phenoxy) is 2. The number of esters is 2. The van der Waals surface area contributed by atoms with Crippen molar-refractivity contribution in [1.29, 1.82) is 0 Å². The van der Waals surface area contributed by atoms with E-state index in [0.29, 0.717) is 31.1 Å². The lowest BCUT2D eigenvalue weighted by atomic mass is 10.1. The Morgan fingerprint density at radius 3 is 1.76 bits per heavy atom. The van der Waals surface area contributed by atoms with E-state index < -0.39 is 18.4 Å². The molecule has 0 aliphatic heterocycles. The van der Waals surface area contributed by atoms with E-state index in [-0.39, 0.29) is 36.8 Å². The molecule has 2 aromatic rings. The average molecular weight is 1000 g/mol. The van der Waals surface area contributed by atoms with Crippen LogP contribution in [0.5, 0.6) is 0 Å². The number of carbonyl (C=O) groups is 5. The fourth-order valence-electron chi connectivity index (χ4n) is 3.51. The summed E-state index contributed by atoms with van der Waals surface area (Å²) in [6.45, 7) is 16.9. The first-order chi connectivity index (χ1) is 26.3. The molecule has 16 heteroatoms. The van der Waals surface area contributed by atoms with Crippen LogP contribution in [0.2, 0.25) is 0 Å². The zero-order valence-corrected chi connectivity index (χ0v) is 37.8. The van der Waals surface area contributed by atoms with E-state index in [0.717, 1.165) is 43.4 Å². The zero-order chi connectivity index (χ0) is 42.9. The topological polar surface area (TPSA) is 192 Å². The third-order valence-corrected chi connectivity index (χ3v) is 5.74. The Hall–Kier alpha value is -3.45. The van der Waals surface area contributed by atoms with Gasteiger partial charge in [0.25, 0.3) is 5.91 Å². The number of aryl methyl sites for hydroxylation is 1. The number of halogens is 2. The van der Waals surface area contributed by atoms with E-state index in [1.54, 1.807) is 32.0 Å². The van der Waals surface area contributed by atoms with Crippen LogP contribution >= 0.6 is 45.2 Å². The molecule has 0 aliphatic carbocycles. The van der Waals surface area contributed by atoms with Gasteiger partial charge >= 0.3 is 24.1 Å². The minimum Gasteiger partial charge on any atom is -0.481 e. The fraction of sp³-hybridized carbons (Fsp3) is 0.538. The quantitative estimate of drug-likeness (QED) is 0.0361. The number of ketones is 1. The summed E-state index contributed by atoms with van der Waals surface area (Å²) in [6.07, 6.45) is 4.28. The van der Waals surface area contributed by atoms with Gasteiger partial charge in [-0.15, -0.1) is 0 Å². The van der Waals surface area contributed by atoms with Crippen LogP contribution in [0.15, 0.2) is 48.5 Å². The van der Waals surface area contributed by atoms with Crippen molar-refractivity contribution in [3.63, 3.8) is 0 Å². The number of carboxylic acid groups (broad SMARTS) is 1. The lowest BCUT2D eigenvalue weighted by Gasteiger charge is -2.23. The number of benzene rings is 2. The third-order valence-electron chi connectivity index (χ3n) is 5.74. The number of amides is 1. The summed E-state index contributed by atoms with van der Waals surface area (Å²) >= 11 is 4.58. The van der Waals surface area contributed by atoms with Gasteiger partial charge in [-0.25, -0.2) is 4.79 Å². The van der Waals surface area contributed by atoms with Crippen molar-refractivity contribution in [2.24, 2.45) is 0 Å². The largest absolute Gasteiger partial charge is 0.481 e. The van der Waals surface area contributed by atoms with Crippen molar-refractivity contribution in [3.8, 4) is 0 Å². The van der Waals surface area contributed by atoms with Gasteiger partial charge in [-0.3, -0.25) is 34.3 Å². The molecule has 0 bridgehead atoms. The first-order valence-electron chi connectivity index (χ1n) is 18.0. The number of hydrogen-bond donors (Lipinski definition) is 2. The molecule has 0 aliphatic rings. The molecule has 2 N–H and O–H groups in total. The first kappa shape index (κ1) is 58.3. The summed E-state index contributed by atoms with van der Waals surface area (Å²) in [5.41, 5.74) is 5.68. The van der Waals surface area contributed by atoms with Gasteiger partial charge in [0.2, 0.25) is 0 Å². The summed E-state index contributed by atoms with van der Waals surface area (Å²) < 4.78 is 11.7. The van der Waals surface area contributed by atoms with Crippen LogP contribution in [0, 0.1) is 0 Å². The highest BCUT2D eigenvalue weighted by Crippen LogP contribution is 2.22. The maximum Gasteiger partial charge on any atom is 0.373 e. The standard InChI is InChI=1S/C16H23NO3.C13H19NO3.C5H8O4.2C2H5I.CO2/c1-4-6-11-20-17(16(19)12-13(3)18)15-10-8-7-9-14(15)5-2;1-3-5-10-17-14-12-9-7-6-8-11(12)13(15)16-4-2;1-2-9-5(8)3-4(6)7;2*1-2-3;2-1-3/h7-10H,4-6,11-12H2,1-3H3;6-9,14H,3-5,10H2,1-2H3;2-3H2,1H3,(H,6,7);2*2H2,1H3;. The highest BCUT2D eigenvalue weighted by Gasteiger charge is 2.20. The number of aliphatic carboxylic acids is 1. The second-order valence-corrected chi connectivity index (χ2v) is 13.4. The molecule has 1 amide bonds. The van der Waals surface area contributed by atoms with Gasteiger partial charge in [-0.05, 0) is 72.7 Å². The predicted octanol–water partition coefficient (Wildman–Crippen LogP) is 8.62.